The minimum Gasteiger partial charge on any atom is -0.0622 e. The first-order valence-corrected chi connectivity index (χ1v) is 15.9. The largest absolute Gasteiger partial charge is 0.0622 e. The number of hydrogen-bond donors (Lipinski definition) is 0. The average molecular weight is 583 g/mol. The highest BCUT2D eigenvalue weighted by Crippen LogP contribution is 2.45. The van der Waals surface area contributed by atoms with Gasteiger partial charge in [0.05, 0.1) is 0 Å². The van der Waals surface area contributed by atoms with Crippen LogP contribution in [0.3, 0.4) is 0 Å². The van der Waals surface area contributed by atoms with Crippen LogP contribution in [-0.2, 0) is 0 Å². The first kappa shape index (κ1) is 26.4. The third-order valence-corrected chi connectivity index (χ3v) is 9.44. The van der Waals surface area contributed by atoms with Gasteiger partial charge in [0.1, 0.15) is 0 Å². The van der Waals surface area contributed by atoms with Crippen molar-refractivity contribution >= 4 is 43.1 Å². The molecule has 9 aromatic rings. The summed E-state index contributed by atoms with van der Waals surface area (Å²) < 4.78 is 0. The van der Waals surface area contributed by atoms with E-state index in [1.165, 1.54) is 87.6 Å². The van der Waals surface area contributed by atoms with Gasteiger partial charge in [0.15, 0.2) is 0 Å². The molecule has 0 N–H and O–H groups in total. The van der Waals surface area contributed by atoms with Crippen molar-refractivity contribution in [3.8, 4) is 44.5 Å². The monoisotopic (exact) mass is 582 g/mol. The molecule has 0 unspecified atom stereocenters. The van der Waals surface area contributed by atoms with Gasteiger partial charge in [-0.3, -0.25) is 0 Å². The maximum absolute atomic E-state index is 2.40. The van der Waals surface area contributed by atoms with Crippen LogP contribution in [-0.4, -0.2) is 0 Å². The third-order valence-electron chi connectivity index (χ3n) is 9.44. The Morgan fingerprint density at radius 1 is 0.217 bits per heavy atom. The Morgan fingerprint density at radius 3 is 1.54 bits per heavy atom. The maximum atomic E-state index is 2.40. The van der Waals surface area contributed by atoms with Crippen molar-refractivity contribution in [1.29, 1.82) is 0 Å². The Hall–Kier alpha value is -5.98. The number of rotatable bonds is 4. The quantitative estimate of drug-likeness (QED) is 0.181. The van der Waals surface area contributed by atoms with Crippen LogP contribution in [0, 0.1) is 0 Å². The highest BCUT2D eigenvalue weighted by molar-refractivity contribution is 6.22. The summed E-state index contributed by atoms with van der Waals surface area (Å²) in [5.74, 6) is 0. The van der Waals surface area contributed by atoms with Gasteiger partial charge in [-0.1, -0.05) is 170 Å². The number of benzene rings is 9. The SMILES string of the molecule is c1ccc(-c2ccc3c(-c4ccc(-c5cccc6ccccc56)cc4)c4ccccc4c(-c4ccc5ccccc5c4)c3c2)cc1. The van der Waals surface area contributed by atoms with E-state index in [1.54, 1.807) is 0 Å². The molecule has 0 aliphatic heterocycles. The van der Waals surface area contributed by atoms with Crippen molar-refractivity contribution in [2.45, 2.75) is 0 Å². The summed E-state index contributed by atoms with van der Waals surface area (Å²) in [5, 5.41) is 10.1. The molecule has 0 aromatic heterocycles. The fraction of sp³-hybridized carbons (Fsp3) is 0. The molecule has 0 nitrogen and oxygen atoms in total. The van der Waals surface area contributed by atoms with E-state index in [0.29, 0.717) is 0 Å². The average Bonchev–Trinajstić information content (AvgIpc) is 3.13. The molecule has 0 spiro atoms. The summed E-state index contributed by atoms with van der Waals surface area (Å²) in [6, 6.07) is 66.6. The zero-order valence-corrected chi connectivity index (χ0v) is 25.3. The molecule has 0 saturated carbocycles. The molecule has 0 aliphatic rings. The van der Waals surface area contributed by atoms with Crippen LogP contribution in [0.15, 0.2) is 182 Å². The molecule has 46 heavy (non-hydrogen) atoms. The Bertz CT molecular complexity index is 2550. The Kier molecular flexibility index (Phi) is 6.25. The van der Waals surface area contributed by atoms with Crippen LogP contribution in [0.5, 0.6) is 0 Å². The van der Waals surface area contributed by atoms with E-state index in [-0.39, 0.29) is 0 Å². The van der Waals surface area contributed by atoms with Crippen molar-refractivity contribution in [1.82, 2.24) is 0 Å². The number of fused-ring (bicyclic) bond motifs is 4. The fourth-order valence-corrected chi connectivity index (χ4v) is 7.25. The van der Waals surface area contributed by atoms with Gasteiger partial charge >= 0.3 is 0 Å². The predicted molar refractivity (Wildman–Crippen MR) is 198 cm³/mol. The van der Waals surface area contributed by atoms with E-state index in [1.807, 2.05) is 0 Å². The van der Waals surface area contributed by atoms with Crippen molar-refractivity contribution < 1.29 is 0 Å². The highest BCUT2D eigenvalue weighted by atomic mass is 14.2. The Labute approximate surface area is 268 Å². The molecule has 0 atom stereocenters. The van der Waals surface area contributed by atoms with Gasteiger partial charge in [0.2, 0.25) is 0 Å². The molecular weight excluding hydrogens is 553 g/mol. The summed E-state index contributed by atoms with van der Waals surface area (Å²) in [4.78, 5) is 0. The van der Waals surface area contributed by atoms with Crippen molar-refractivity contribution in [3.63, 3.8) is 0 Å². The predicted octanol–water partition coefficient (Wildman–Crippen LogP) is 13.0. The minimum absolute atomic E-state index is 1.22. The Balaban J connectivity index is 1.31. The summed E-state index contributed by atoms with van der Waals surface area (Å²) in [7, 11) is 0. The van der Waals surface area contributed by atoms with Crippen molar-refractivity contribution in [2.75, 3.05) is 0 Å². The molecule has 9 aromatic carbocycles. The first-order chi connectivity index (χ1) is 22.8. The van der Waals surface area contributed by atoms with Gasteiger partial charge in [-0.05, 0) is 99.7 Å². The van der Waals surface area contributed by atoms with Crippen LogP contribution in [0.1, 0.15) is 0 Å². The van der Waals surface area contributed by atoms with Gasteiger partial charge < -0.3 is 0 Å². The summed E-state index contributed by atoms with van der Waals surface area (Å²) in [6.45, 7) is 0. The zero-order chi connectivity index (χ0) is 30.5. The standard InChI is InChI=1S/C46H30/c1-2-11-31(12-3-1)37-27-28-43-44(30-37)46(38-26-21-32-13-4-5-15-36(32)29-38)42-19-9-8-18-41(42)45(43)35-24-22-34(23-25-35)40-20-10-16-33-14-6-7-17-39(33)40/h1-30H. The van der Waals surface area contributed by atoms with Gasteiger partial charge in [-0.2, -0.15) is 0 Å². The Morgan fingerprint density at radius 2 is 0.761 bits per heavy atom. The molecule has 0 amide bonds. The van der Waals surface area contributed by atoms with E-state index >= 15 is 0 Å². The van der Waals surface area contributed by atoms with Crippen LogP contribution in [0.2, 0.25) is 0 Å². The minimum atomic E-state index is 1.22. The van der Waals surface area contributed by atoms with E-state index < -0.39 is 0 Å². The lowest BCUT2D eigenvalue weighted by atomic mass is 9.84. The lowest BCUT2D eigenvalue weighted by Gasteiger charge is -2.19. The summed E-state index contributed by atoms with van der Waals surface area (Å²) in [5.41, 5.74) is 9.97. The molecule has 0 heterocycles. The van der Waals surface area contributed by atoms with Crippen LogP contribution in [0.25, 0.3) is 87.6 Å². The maximum Gasteiger partial charge on any atom is -0.00259 e. The van der Waals surface area contributed by atoms with Gasteiger partial charge in [0, 0.05) is 0 Å². The van der Waals surface area contributed by atoms with Crippen molar-refractivity contribution in [2.24, 2.45) is 0 Å². The molecular formula is C46H30. The molecule has 0 fully saturated rings. The summed E-state index contributed by atoms with van der Waals surface area (Å²) in [6.07, 6.45) is 0. The third kappa shape index (κ3) is 4.38. The topological polar surface area (TPSA) is 0 Å². The van der Waals surface area contributed by atoms with Crippen LogP contribution in [0.4, 0.5) is 0 Å². The molecule has 9 rings (SSSR count). The van der Waals surface area contributed by atoms with Gasteiger partial charge in [-0.25, -0.2) is 0 Å². The molecule has 0 radical (unpaired) electrons. The summed E-state index contributed by atoms with van der Waals surface area (Å²) >= 11 is 0. The van der Waals surface area contributed by atoms with Crippen LogP contribution >= 0.6 is 0 Å². The van der Waals surface area contributed by atoms with E-state index in [0.717, 1.165) is 0 Å². The molecule has 214 valence electrons. The first-order valence-electron chi connectivity index (χ1n) is 15.9. The van der Waals surface area contributed by atoms with Gasteiger partial charge in [-0.15, -0.1) is 0 Å². The van der Waals surface area contributed by atoms with Gasteiger partial charge in [0.25, 0.3) is 0 Å². The highest BCUT2D eigenvalue weighted by Gasteiger charge is 2.18. The molecule has 0 saturated heterocycles. The van der Waals surface area contributed by atoms with E-state index in [4.69, 9.17) is 0 Å². The van der Waals surface area contributed by atoms with E-state index in [2.05, 4.69) is 182 Å². The lowest BCUT2D eigenvalue weighted by Crippen LogP contribution is -1.92. The normalized spacial score (nSPS) is 11.5. The van der Waals surface area contributed by atoms with Crippen LogP contribution < -0.4 is 0 Å². The smallest absolute Gasteiger partial charge is 0.00259 e. The molecule has 0 aliphatic carbocycles. The molecule has 0 heteroatoms. The second-order valence-corrected chi connectivity index (χ2v) is 12.1. The second-order valence-electron chi connectivity index (χ2n) is 12.1. The number of hydrogen-bond acceptors (Lipinski definition) is 0. The zero-order valence-electron chi connectivity index (χ0n) is 25.3. The fourth-order valence-electron chi connectivity index (χ4n) is 7.25. The van der Waals surface area contributed by atoms with Crippen molar-refractivity contribution in [3.05, 3.63) is 182 Å². The molecule has 0 bridgehead atoms. The lowest BCUT2D eigenvalue weighted by molar-refractivity contribution is 1.62. The van der Waals surface area contributed by atoms with E-state index in [9.17, 15) is 0 Å². The second kappa shape index (κ2) is 10.9.